The maximum Gasteiger partial charge on any atom is 0.246 e. The van der Waals surface area contributed by atoms with Crippen LogP contribution in [-0.4, -0.2) is 87.1 Å². The first-order valence-corrected chi connectivity index (χ1v) is 12.6. The van der Waals surface area contributed by atoms with Crippen molar-refractivity contribution in [3.8, 4) is 11.3 Å². The Bertz CT molecular complexity index is 1160. The zero-order valence-electron chi connectivity index (χ0n) is 21.1. The standard InChI is InChI=1S/C28H34N6O2/c1-3-32(4-2)27(36)22-31-15-17-33(18-16-31)26(35)13-12-25-21-34(20-23-9-6-5-7-10-23)30-28(25)24-11-8-14-29-19-24/h5-14,19,21H,3-4,15-18,20,22H2,1-2H3/b13-12+. The molecule has 0 aliphatic carbocycles. The van der Waals surface area contributed by atoms with Crippen molar-refractivity contribution in [3.05, 3.63) is 78.3 Å². The number of rotatable bonds is 9. The number of carbonyl (C=O) groups excluding carboxylic acids is 2. The molecule has 0 unspecified atom stereocenters. The molecule has 36 heavy (non-hydrogen) atoms. The lowest BCUT2D eigenvalue weighted by molar-refractivity contribution is -0.133. The highest BCUT2D eigenvalue weighted by molar-refractivity contribution is 5.93. The smallest absolute Gasteiger partial charge is 0.246 e. The summed E-state index contributed by atoms with van der Waals surface area (Å²) in [4.78, 5) is 35.4. The minimum atomic E-state index is -0.0299. The normalized spacial score (nSPS) is 14.3. The summed E-state index contributed by atoms with van der Waals surface area (Å²) in [7, 11) is 0. The highest BCUT2D eigenvalue weighted by atomic mass is 16.2. The Morgan fingerprint density at radius 2 is 1.75 bits per heavy atom. The Hall–Kier alpha value is -3.78. The number of pyridine rings is 1. The lowest BCUT2D eigenvalue weighted by atomic mass is 10.1. The first-order chi connectivity index (χ1) is 17.6. The largest absolute Gasteiger partial charge is 0.342 e. The number of piperazine rings is 1. The van der Waals surface area contributed by atoms with E-state index in [1.807, 2.05) is 70.9 Å². The SMILES string of the molecule is CCN(CC)C(=O)CN1CCN(C(=O)/C=C/c2cn(Cc3ccccc3)nc2-c2cccnc2)CC1. The summed E-state index contributed by atoms with van der Waals surface area (Å²) in [5.41, 5.74) is 3.73. The molecule has 1 saturated heterocycles. The molecule has 0 atom stereocenters. The highest BCUT2D eigenvalue weighted by Gasteiger charge is 2.22. The fraction of sp³-hybridized carbons (Fsp3) is 0.357. The summed E-state index contributed by atoms with van der Waals surface area (Å²) in [6.07, 6.45) is 8.96. The van der Waals surface area contributed by atoms with E-state index in [1.165, 1.54) is 0 Å². The average Bonchev–Trinajstić information content (AvgIpc) is 3.32. The lowest BCUT2D eigenvalue weighted by Crippen LogP contribution is -2.51. The van der Waals surface area contributed by atoms with Crippen molar-refractivity contribution in [2.45, 2.75) is 20.4 Å². The fourth-order valence-electron chi connectivity index (χ4n) is 4.40. The Balaban J connectivity index is 1.41. The van der Waals surface area contributed by atoms with Crippen molar-refractivity contribution < 1.29 is 9.59 Å². The van der Waals surface area contributed by atoms with E-state index < -0.39 is 0 Å². The van der Waals surface area contributed by atoms with Crippen LogP contribution in [0.15, 0.2) is 67.1 Å². The number of amides is 2. The molecule has 3 heterocycles. The number of benzene rings is 1. The predicted octanol–water partition coefficient (Wildman–Crippen LogP) is 3.02. The topological polar surface area (TPSA) is 74.6 Å². The Kier molecular flexibility index (Phi) is 8.62. The summed E-state index contributed by atoms with van der Waals surface area (Å²) in [6, 6.07) is 14.0. The molecule has 0 spiro atoms. The second-order valence-electron chi connectivity index (χ2n) is 8.86. The molecule has 3 aromatic rings. The molecule has 0 N–H and O–H groups in total. The molecular formula is C28H34N6O2. The van der Waals surface area contributed by atoms with E-state index >= 15 is 0 Å². The number of likely N-dealkylation sites (N-methyl/N-ethyl adjacent to an activating group) is 1. The van der Waals surface area contributed by atoms with Gasteiger partial charge >= 0.3 is 0 Å². The van der Waals surface area contributed by atoms with E-state index in [1.54, 1.807) is 18.5 Å². The third-order valence-corrected chi connectivity index (χ3v) is 6.48. The van der Waals surface area contributed by atoms with E-state index in [2.05, 4.69) is 22.0 Å². The van der Waals surface area contributed by atoms with Crippen molar-refractivity contribution in [1.29, 1.82) is 0 Å². The molecule has 4 rings (SSSR count). The van der Waals surface area contributed by atoms with Gasteiger partial charge in [0.1, 0.15) is 5.69 Å². The van der Waals surface area contributed by atoms with Gasteiger partial charge in [-0.15, -0.1) is 0 Å². The van der Waals surface area contributed by atoms with Gasteiger partial charge in [-0.2, -0.15) is 5.10 Å². The van der Waals surface area contributed by atoms with Gasteiger partial charge in [-0.25, -0.2) is 0 Å². The third-order valence-electron chi connectivity index (χ3n) is 6.48. The Labute approximate surface area is 212 Å². The summed E-state index contributed by atoms with van der Waals surface area (Å²) in [6.45, 7) is 9.10. The van der Waals surface area contributed by atoms with Gasteiger partial charge in [0.25, 0.3) is 0 Å². The summed E-state index contributed by atoms with van der Waals surface area (Å²) in [5, 5.41) is 4.79. The van der Waals surface area contributed by atoms with E-state index in [0.29, 0.717) is 39.3 Å². The summed E-state index contributed by atoms with van der Waals surface area (Å²) in [5.74, 6) is 0.118. The minimum Gasteiger partial charge on any atom is -0.342 e. The minimum absolute atomic E-state index is 0.0299. The maximum atomic E-state index is 13.0. The van der Waals surface area contributed by atoms with Gasteiger partial charge in [-0.1, -0.05) is 30.3 Å². The van der Waals surface area contributed by atoms with E-state index in [0.717, 1.165) is 35.5 Å². The molecule has 0 radical (unpaired) electrons. The van der Waals surface area contributed by atoms with Crippen LogP contribution in [0.4, 0.5) is 0 Å². The summed E-state index contributed by atoms with van der Waals surface area (Å²) < 4.78 is 1.90. The van der Waals surface area contributed by atoms with Crippen LogP contribution in [0.25, 0.3) is 17.3 Å². The number of nitrogens with zero attached hydrogens (tertiary/aromatic N) is 6. The van der Waals surface area contributed by atoms with Crippen molar-refractivity contribution in [2.24, 2.45) is 0 Å². The van der Waals surface area contributed by atoms with E-state index in [-0.39, 0.29) is 11.8 Å². The van der Waals surface area contributed by atoms with Crippen molar-refractivity contribution in [3.63, 3.8) is 0 Å². The van der Waals surface area contributed by atoms with Crippen molar-refractivity contribution in [2.75, 3.05) is 45.8 Å². The van der Waals surface area contributed by atoms with Gasteiger partial charge < -0.3 is 9.80 Å². The number of hydrogen-bond acceptors (Lipinski definition) is 5. The molecular weight excluding hydrogens is 452 g/mol. The second-order valence-corrected chi connectivity index (χ2v) is 8.86. The van der Waals surface area contributed by atoms with Crippen LogP contribution in [0.3, 0.4) is 0 Å². The Morgan fingerprint density at radius 1 is 1.00 bits per heavy atom. The molecule has 0 bridgehead atoms. The molecule has 0 saturated carbocycles. The van der Waals surface area contributed by atoms with Crippen LogP contribution in [0.1, 0.15) is 25.0 Å². The van der Waals surface area contributed by atoms with Gasteiger partial charge in [-0.05, 0) is 37.6 Å². The molecule has 8 heteroatoms. The molecule has 8 nitrogen and oxygen atoms in total. The van der Waals surface area contributed by atoms with Crippen LogP contribution in [0.2, 0.25) is 0 Å². The van der Waals surface area contributed by atoms with Gasteiger partial charge in [0.05, 0.1) is 13.1 Å². The van der Waals surface area contributed by atoms with Gasteiger partial charge in [-0.3, -0.25) is 24.2 Å². The monoisotopic (exact) mass is 486 g/mol. The molecule has 2 aromatic heterocycles. The van der Waals surface area contributed by atoms with Crippen LogP contribution >= 0.6 is 0 Å². The maximum absolute atomic E-state index is 13.0. The predicted molar refractivity (Wildman–Crippen MR) is 141 cm³/mol. The van der Waals surface area contributed by atoms with Crippen LogP contribution in [-0.2, 0) is 16.1 Å². The zero-order valence-corrected chi connectivity index (χ0v) is 21.1. The van der Waals surface area contributed by atoms with Crippen LogP contribution in [0.5, 0.6) is 0 Å². The number of carbonyl (C=O) groups is 2. The fourth-order valence-corrected chi connectivity index (χ4v) is 4.40. The molecule has 1 aromatic carbocycles. The molecule has 1 fully saturated rings. The zero-order chi connectivity index (χ0) is 25.3. The summed E-state index contributed by atoms with van der Waals surface area (Å²) >= 11 is 0. The van der Waals surface area contributed by atoms with Crippen LogP contribution in [0, 0.1) is 0 Å². The number of aromatic nitrogens is 3. The quantitative estimate of drug-likeness (QED) is 0.435. The van der Waals surface area contributed by atoms with Crippen LogP contribution < -0.4 is 0 Å². The van der Waals surface area contributed by atoms with E-state index in [9.17, 15) is 9.59 Å². The third kappa shape index (κ3) is 6.46. The van der Waals surface area contributed by atoms with Gasteiger partial charge in [0.15, 0.2) is 0 Å². The highest BCUT2D eigenvalue weighted by Crippen LogP contribution is 2.23. The first-order valence-electron chi connectivity index (χ1n) is 12.6. The van der Waals surface area contributed by atoms with Crippen molar-refractivity contribution >= 4 is 17.9 Å². The average molecular weight is 487 g/mol. The number of hydrogen-bond donors (Lipinski definition) is 0. The van der Waals surface area contributed by atoms with Gasteiger partial charge in [0.2, 0.25) is 11.8 Å². The lowest BCUT2D eigenvalue weighted by Gasteiger charge is -2.34. The first kappa shape index (κ1) is 25.3. The van der Waals surface area contributed by atoms with Gasteiger partial charge in [0, 0.05) is 75.1 Å². The van der Waals surface area contributed by atoms with Crippen molar-refractivity contribution in [1.82, 2.24) is 29.5 Å². The molecule has 1 aliphatic heterocycles. The molecule has 2 amide bonds. The molecule has 1 aliphatic rings. The molecule has 188 valence electrons. The Morgan fingerprint density at radius 3 is 2.42 bits per heavy atom. The van der Waals surface area contributed by atoms with E-state index in [4.69, 9.17) is 5.10 Å². The second kappa shape index (κ2) is 12.3.